The van der Waals surface area contributed by atoms with E-state index < -0.39 is 22.1 Å². The second-order valence-electron chi connectivity index (χ2n) is 5.58. The van der Waals surface area contributed by atoms with E-state index in [0.717, 1.165) is 16.7 Å². The Morgan fingerprint density at radius 3 is 2.43 bits per heavy atom. The van der Waals surface area contributed by atoms with Crippen LogP contribution < -0.4 is 5.32 Å². The van der Waals surface area contributed by atoms with E-state index in [-0.39, 0.29) is 4.90 Å². The predicted molar refractivity (Wildman–Crippen MR) is 85.2 cm³/mol. The van der Waals surface area contributed by atoms with Crippen LogP contribution >= 0.6 is 0 Å². The van der Waals surface area contributed by atoms with Crippen LogP contribution in [0, 0.1) is 6.92 Å². The fourth-order valence-corrected chi connectivity index (χ4v) is 3.44. The second kappa shape index (κ2) is 6.14. The van der Waals surface area contributed by atoms with Crippen molar-refractivity contribution in [1.29, 1.82) is 0 Å². The van der Waals surface area contributed by atoms with Gasteiger partial charge in [0.1, 0.15) is 10.9 Å². The van der Waals surface area contributed by atoms with Gasteiger partial charge in [0.05, 0.1) is 0 Å². The van der Waals surface area contributed by atoms with Gasteiger partial charge in [0.25, 0.3) is 0 Å². The van der Waals surface area contributed by atoms with Crippen LogP contribution in [0.1, 0.15) is 16.7 Å². The zero-order chi connectivity index (χ0) is 16.4. The van der Waals surface area contributed by atoms with Crippen LogP contribution in [0.2, 0.25) is 0 Å². The molecule has 0 spiro atoms. The van der Waals surface area contributed by atoms with Crippen molar-refractivity contribution < 1.29 is 17.4 Å². The summed E-state index contributed by atoms with van der Waals surface area (Å²) in [5, 5.41) is 3.02. The maximum absolute atomic E-state index is 12.2. The van der Waals surface area contributed by atoms with Crippen LogP contribution in [-0.2, 0) is 32.1 Å². The van der Waals surface area contributed by atoms with Crippen molar-refractivity contribution in [3.05, 3.63) is 65.2 Å². The molecule has 0 fully saturated rings. The van der Waals surface area contributed by atoms with E-state index in [1.807, 2.05) is 31.2 Å². The lowest BCUT2D eigenvalue weighted by atomic mass is 9.96. The fraction of sp³-hybridized carbons (Fsp3) is 0.235. The Balaban J connectivity index is 1.73. The highest BCUT2D eigenvalue weighted by molar-refractivity contribution is 7.87. The third-order valence-electron chi connectivity index (χ3n) is 3.87. The van der Waals surface area contributed by atoms with Crippen molar-refractivity contribution >= 4 is 16.1 Å². The lowest BCUT2D eigenvalue weighted by Crippen LogP contribution is -2.43. The average molecular weight is 331 g/mol. The van der Waals surface area contributed by atoms with Crippen molar-refractivity contribution in [1.82, 2.24) is 5.32 Å². The molecule has 1 atom stereocenters. The molecule has 0 unspecified atom stereocenters. The highest BCUT2D eigenvalue weighted by atomic mass is 32.2. The zero-order valence-electron chi connectivity index (χ0n) is 12.7. The summed E-state index contributed by atoms with van der Waals surface area (Å²) in [6.07, 6.45) is 0.415. The fourth-order valence-electron chi connectivity index (χ4n) is 2.54. The normalized spacial score (nSPS) is 17.3. The molecule has 0 saturated heterocycles. The molecule has 0 bridgehead atoms. The largest absolute Gasteiger partial charge is 0.341 e. The standard InChI is InChI=1S/C17H17NO4S/c1-12-6-8-15(9-7-12)23(20,21)22-17(19)16-10-13-4-2-3-5-14(13)11-18-16/h2-9,16,18H,10-11H2,1H3/t16-/m0/s1. The maximum Gasteiger partial charge on any atom is 0.341 e. The molecule has 1 aliphatic rings. The van der Waals surface area contributed by atoms with Crippen molar-refractivity contribution in [3.8, 4) is 0 Å². The summed E-state index contributed by atoms with van der Waals surface area (Å²) in [4.78, 5) is 12.2. The minimum atomic E-state index is -4.09. The molecule has 0 saturated carbocycles. The molecule has 0 aliphatic carbocycles. The number of benzene rings is 2. The first-order chi connectivity index (χ1) is 11.0. The number of nitrogens with one attached hydrogen (secondary N) is 1. The molecule has 2 aromatic carbocycles. The van der Waals surface area contributed by atoms with Crippen molar-refractivity contribution in [2.45, 2.75) is 30.8 Å². The van der Waals surface area contributed by atoms with Gasteiger partial charge in [-0.05, 0) is 36.6 Å². The molecule has 0 radical (unpaired) electrons. The van der Waals surface area contributed by atoms with E-state index in [1.54, 1.807) is 12.1 Å². The lowest BCUT2D eigenvalue weighted by molar-refractivity contribution is -0.136. The zero-order valence-corrected chi connectivity index (χ0v) is 13.5. The van der Waals surface area contributed by atoms with Crippen molar-refractivity contribution in [3.63, 3.8) is 0 Å². The molecule has 3 rings (SSSR count). The summed E-state index contributed by atoms with van der Waals surface area (Å²) in [6.45, 7) is 2.37. The summed E-state index contributed by atoms with van der Waals surface area (Å²) in [5.41, 5.74) is 3.07. The number of hydrogen-bond donors (Lipinski definition) is 1. The number of hydrogen-bond acceptors (Lipinski definition) is 5. The van der Waals surface area contributed by atoms with Gasteiger partial charge >= 0.3 is 16.1 Å². The Morgan fingerprint density at radius 2 is 1.74 bits per heavy atom. The number of carbonyl (C=O) groups is 1. The predicted octanol–water partition coefficient (Wildman–Crippen LogP) is 1.94. The third kappa shape index (κ3) is 3.43. The summed E-state index contributed by atoms with van der Waals surface area (Å²) in [5.74, 6) is -0.778. The van der Waals surface area contributed by atoms with Gasteiger partial charge in [-0.1, -0.05) is 42.0 Å². The smallest absolute Gasteiger partial charge is 0.340 e. The minimum Gasteiger partial charge on any atom is -0.340 e. The van der Waals surface area contributed by atoms with E-state index in [2.05, 4.69) is 5.32 Å². The van der Waals surface area contributed by atoms with Gasteiger partial charge in [-0.3, -0.25) is 5.32 Å². The molecule has 5 nitrogen and oxygen atoms in total. The molecule has 6 heteroatoms. The Hall–Kier alpha value is -2.18. The van der Waals surface area contributed by atoms with Gasteiger partial charge in [-0.2, -0.15) is 8.42 Å². The van der Waals surface area contributed by atoms with E-state index in [0.29, 0.717) is 13.0 Å². The average Bonchev–Trinajstić information content (AvgIpc) is 2.54. The van der Waals surface area contributed by atoms with E-state index in [9.17, 15) is 13.2 Å². The first kappa shape index (κ1) is 15.7. The maximum atomic E-state index is 12.2. The summed E-state index contributed by atoms with van der Waals surface area (Å²) < 4.78 is 29.1. The van der Waals surface area contributed by atoms with Gasteiger partial charge in [0.2, 0.25) is 0 Å². The van der Waals surface area contributed by atoms with Gasteiger partial charge in [0.15, 0.2) is 0 Å². The molecule has 1 heterocycles. The molecule has 23 heavy (non-hydrogen) atoms. The first-order valence-corrected chi connectivity index (χ1v) is 8.72. The number of rotatable bonds is 3. The highest BCUT2D eigenvalue weighted by Crippen LogP contribution is 2.19. The van der Waals surface area contributed by atoms with Gasteiger partial charge < -0.3 is 4.18 Å². The molecule has 120 valence electrons. The Labute approximate surface area is 135 Å². The molecule has 1 N–H and O–H groups in total. The molecule has 0 amide bonds. The van der Waals surface area contributed by atoms with Crippen LogP contribution in [0.5, 0.6) is 0 Å². The highest BCUT2D eigenvalue weighted by Gasteiger charge is 2.29. The molecule has 1 aliphatic heterocycles. The molecular weight excluding hydrogens is 314 g/mol. The minimum absolute atomic E-state index is 0.0207. The quantitative estimate of drug-likeness (QED) is 0.870. The molecular formula is C17H17NO4S. The third-order valence-corrected chi connectivity index (χ3v) is 5.10. The SMILES string of the molecule is Cc1ccc(S(=O)(=O)OC(=O)[C@@H]2Cc3ccccc3CN2)cc1. The van der Waals surface area contributed by atoms with Gasteiger partial charge in [-0.25, -0.2) is 4.79 Å². The van der Waals surface area contributed by atoms with Gasteiger partial charge in [-0.15, -0.1) is 0 Å². The summed E-state index contributed by atoms with van der Waals surface area (Å²) in [7, 11) is -4.09. The van der Waals surface area contributed by atoms with Crippen LogP contribution in [-0.4, -0.2) is 20.4 Å². The number of aryl methyl sites for hydroxylation is 1. The van der Waals surface area contributed by atoms with Crippen LogP contribution in [0.15, 0.2) is 53.4 Å². The van der Waals surface area contributed by atoms with Crippen LogP contribution in [0.4, 0.5) is 0 Å². The van der Waals surface area contributed by atoms with Crippen LogP contribution in [0.3, 0.4) is 0 Å². The lowest BCUT2D eigenvalue weighted by Gasteiger charge is -2.24. The first-order valence-electron chi connectivity index (χ1n) is 7.31. The topological polar surface area (TPSA) is 72.5 Å². The van der Waals surface area contributed by atoms with Crippen molar-refractivity contribution in [2.75, 3.05) is 0 Å². The Bertz CT molecular complexity index is 828. The van der Waals surface area contributed by atoms with Gasteiger partial charge in [0, 0.05) is 6.54 Å². The summed E-state index contributed by atoms with van der Waals surface area (Å²) >= 11 is 0. The van der Waals surface area contributed by atoms with Crippen LogP contribution in [0.25, 0.3) is 0 Å². The second-order valence-corrected chi connectivity index (χ2v) is 7.12. The number of fused-ring (bicyclic) bond motifs is 1. The van der Waals surface area contributed by atoms with E-state index in [1.165, 1.54) is 12.1 Å². The van der Waals surface area contributed by atoms with E-state index in [4.69, 9.17) is 4.18 Å². The monoisotopic (exact) mass is 331 g/mol. The molecule has 0 aromatic heterocycles. The Morgan fingerprint density at radius 1 is 1.09 bits per heavy atom. The van der Waals surface area contributed by atoms with Crippen molar-refractivity contribution in [2.24, 2.45) is 0 Å². The Kier molecular flexibility index (Phi) is 4.19. The number of carbonyl (C=O) groups excluding carboxylic acids is 1. The molecule has 2 aromatic rings. The van der Waals surface area contributed by atoms with E-state index >= 15 is 0 Å². The summed E-state index contributed by atoms with van der Waals surface area (Å²) in [6, 6.07) is 13.3.